The van der Waals surface area contributed by atoms with Crippen molar-refractivity contribution in [3.8, 4) is 0 Å². The summed E-state index contributed by atoms with van der Waals surface area (Å²) in [7, 11) is 0. The summed E-state index contributed by atoms with van der Waals surface area (Å²) in [6, 6.07) is 8.40. The molecule has 5 heteroatoms. The summed E-state index contributed by atoms with van der Waals surface area (Å²) < 4.78 is 0. The zero-order valence-corrected chi connectivity index (χ0v) is 15.9. The third-order valence-corrected chi connectivity index (χ3v) is 5.61. The molecule has 3 rings (SSSR count). The average Bonchev–Trinajstić information content (AvgIpc) is 2.92. The first-order chi connectivity index (χ1) is 12.6. The van der Waals surface area contributed by atoms with Gasteiger partial charge in [0.1, 0.15) is 6.54 Å². The van der Waals surface area contributed by atoms with Gasteiger partial charge in [0.05, 0.1) is 0 Å². The van der Waals surface area contributed by atoms with Gasteiger partial charge >= 0.3 is 6.03 Å². The predicted octanol–water partition coefficient (Wildman–Crippen LogP) is 3.46. The molecule has 2 fully saturated rings. The maximum absolute atomic E-state index is 12.6. The van der Waals surface area contributed by atoms with Crippen molar-refractivity contribution < 1.29 is 9.59 Å². The predicted molar refractivity (Wildman–Crippen MR) is 103 cm³/mol. The topological polar surface area (TPSA) is 52.6 Å². The Bertz CT molecular complexity index is 623. The molecule has 1 aliphatic heterocycles. The van der Waals surface area contributed by atoms with Crippen LogP contribution in [0.2, 0.25) is 0 Å². The van der Waals surface area contributed by atoms with Crippen molar-refractivity contribution in [3.05, 3.63) is 35.4 Å². The summed E-state index contributed by atoms with van der Waals surface area (Å²) in [4.78, 5) is 28.5. The molecule has 0 spiro atoms. The van der Waals surface area contributed by atoms with Gasteiger partial charge in [-0.05, 0) is 30.9 Å². The minimum Gasteiger partial charge on any atom is -0.352 e. The van der Waals surface area contributed by atoms with E-state index in [9.17, 15) is 9.59 Å². The van der Waals surface area contributed by atoms with E-state index in [0.29, 0.717) is 19.6 Å². The number of hydrogen-bond donors (Lipinski definition) is 1. The van der Waals surface area contributed by atoms with Crippen LogP contribution in [-0.2, 0) is 11.3 Å². The first kappa shape index (κ1) is 18.7. The van der Waals surface area contributed by atoms with E-state index in [1.54, 1.807) is 4.90 Å². The maximum atomic E-state index is 12.6. The zero-order valence-electron chi connectivity index (χ0n) is 15.9. The lowest BCUT2D eigenvalue weighted by atomic mass is 9.97. The van der Waals surface area contributed by atoms with E-state index >= 15 is 0 Å². The molecule has 1 aromatic carbocycles. The van der Waals surface area contributed by atoms with Crippen LogP contribution in [0.5, 0.6) is 0 Å². The van der Waals surface area contributed by atoms with Gasteiger partial charge in [-0.25, -0.2) is 4.79 Å². The standard InChI is InChI=1S/C21H31N3O2/c1-17-9-7-8-10-18(17)15-23-13-14-24(21(23)26)16-20(25)22-19-11-5-3-2-4-6-12-19/h7-10,19H,2-6,11-16H2,1H3,(H,22,25). The third-order valence-electron chi connectivity index (χ3n) is 5.61. The molecule has 1 heterocycles. The highest BCUT2D eigenvalue weighted by atomic mass is 16.2. The molecule has 0 aromatic heterocycles. The van der Waals surface area contributed by atoms with Crippen LogP contribution in [0.4, 0.5) is 4.79 Å². The van der Waals surface area contributed by atoms with Gasteiger partial charge < -0.3 is 15.1 Å². The number of aryl methyl sites for hydroxylation is 1. The SMILES string of the molecule is Cc1ccccc1CN1CCN(CC(=O)NC2CCCCCCC2)C1=O. The van der Waals surface area contributed by atoms with Crippen molar-refractivity contribution in [1.82, 2.24) is 15.1 Å². The van der Waals surface area contributed by atoms with Crippen molar-refractivity contribution in [2.24, 2.45) is 0 Å². The number of hydrogen-bond acceptors (Lipinski definition) is 2. The minimum absolute atomic E-state index is 0.0123. The fourth-order valence-corrected chi connectivity index (χ4v) is 3.97. The molecule has 0 radical (unpaired) electrons. The Balaban J connectivity index is 1.48. The molecule has 1 saturated heterocycles. The van der Waals surface area contributed by atoms with Gasteiger partial charge in [0.15, 0.2) is 0 Å². The summed E-state index contributed by atoms with van der Waals surface area (Å²) in [6.07, 6.45) is 8.38. The highest BCUT2D eigenvalue weighted by Gasteiger charge is 2.30. The second-order valence-electron chi connectivity index (χ2n) is 7.66. The van der Waals surface area contributed by atoms with E-state index < -0.39 is 0 Å². The van der Waals surface area contributed by atoms with E-state index in [1.165, 1.54) is 43.2 Å². The van der Waals surface area contributed by atoms with E-state index in [2.05, 4.69) is 24.4 Å². The van der Waals surface area contributed by atoms with Gasteiger partial charge in [0.2, 0.25) is 5.91 Å². The first-order valence-corrected chi connectivity index (χ1v) is 10.0. The molecular formula is C21H31N3O2. The van der Waals surface area contributed by atoms with Crippen molar-refractivity contribution >= 4 is 11.9 Å². The normalized spacial score (nSPS) is 19.3. The van der Waals surface area contributed by atoms with E-state index in [0.717, 1.165) is 12.8 Å². The molecule has 5 nitrogen and oxygen atoms in total. The average molecular weight is 357 g/mol. The van der Waals surface area contributed by atoms with E-state index in [1.807, 2.05) is 17.0 Å². The number of nitrogens with one attached hydrogen (secondary N) is 1. The molecule has 0 atom stereocenters. The van der Waals surface area contributed by atoms with Crippen molar-refractivity contribution in [2.45, 2.75) is 64.5 Å². The number of benzene rings is 1. The summed E-state index contributed by atoms with van der Waals surface area (Å²) in [5.41, 5.74) is 2.36. The lowest BCUT2D eigenvalue weighted by Crippen LogP contribution is -2.43. The Morgan fingerprint density at radius 2 is 1.69 bits per heavy atom. The zero-order chi connectivity index (χ0) is 18.4. The molecule has 0 bridgehead atoms. The molecule has 1 saturated carbocycles. The summed E-state index contributed by atoms with van der Waals surface area (Å²) >= 11 is 0. The largest absolute Gasteiger partial charge is 0.352 e. The maximum Gasteiger partial charge on any atom is 0.320 e. The van der Waals surface area contributed by atoms with Crippen LogP contribution in [0.15, 0.2) is 24.3 Å². The molecule has 142 valence electrons. The second-order valence-corrected chi connectivity index (χ2v) is 7.66. The van der Waals surface area contributed by atoms with Gasteiger partial charge in [-0.1, -0.05) is 56.4 Å². The number of rotatable bonds is 5. The number of amides is 3. The lowest BCUT2D eigenvalue weighted by Gasteiger charge is -2.23. The van der Waals surface area contributed by atoms with Crippen LogP contribution < -0.4 is 5.32 Å². The number of urea groups is 1. The van der Waals surface area contributed by atoms with Crippen molar-refractivity contribution in [2.75, 3.05) is 19.6 Å². The van der Waals surface area contributed by atoms with Crippen LogP contribution in [0.25, 0.3) is 0 Å². The van der Waals surface area contributed by atoms with Gasteiger partial charge in [-0.15, -0.1) is 0 Å². The summed E-state index contributed by atoms with van der Waals surface area (Å²) in [6.45, 7) is 4.18. The molecule has 0 unspecified atom stereocenters. The second kappa shape index (κ2) is 9.06. The highest BCUT2D eigenvalue weighted by Crippen LogP contribution is 2.18. The Hall–Kier alpha value is -2.04. The van der Waals surface area contributed by atoms with Crippen LogP contribution >= 0.6 is 0 Å². The summed E-state index contributed by atoms with van der Waals surface area (Å²) in [5, 5.41) is 3.16. The fourth-order valence-electron chi connectivity index (χ4n) is 3.97. The summed E-state index contributed by atoms with van der Waals surface area (Å²) in [5.74, 6) is -0.0123. The van der Waals surface area contributed by atoms with Gasteiger partial charge in [-0.2, -0.15) is 0 Å². The highest BCUT2D eigenvalue weighted by molar-refractivity contribution is 5.85. The minimum atomic E-state index is -0.0268. The van der Waals surface area contributed by atoms with Crippen molar-refractivity contribution in [1.29, 1.82) is 0 Å². The third kappa shape index (κ3) is 4.99. The van der Waals surface area contributed by atoms with Crippen LogP contribution in [-0.4, -0.2) is 47.4 Å². The van der Waals surface area contributed by atoms with Gasteiger partial charge in [0, 0.05) is 25.7 Å². The monoisotopic (exact) mass is 357 g/mol. The lowest BCUT2D eigenvalue weighted by molar-refractivity contribution is -0.122. The first-order valence-electron chi connectivity index (χ1n) is 10.0. The van der Waals surface area contributed by atoms with Crippen LogP contribution in [0.1, 0.15) is 56.1 Å². The van der Waals surface area contributed by atoms with Gasteiger partial charge in [0.25, 0.3) is 0 Å². The smallest absolute Gasteiger partial charge is 0.320 e. The Morgan fingerprint density at radius 1 is 1.04 bits per heavy atom. The Morgan fingerprint density at radius 3 is 2.42 bits per heavy atom. The molecule has 1 aromatic rings. The van der Waals surface area contributed by atoms with E-state index in [-0.39, 0.29) is 24.5 Å². The Labute approximate surface area is 156 Å². The number of nitrogens with zero attached hydrogens (tertiary/aromatic N) is 2. The number of carbonyl (C=O) groups excluding carboxylic acids is 2. The molecule has 2 aliphatic rings. The van der Waals surface area contributed by atoms with Gasteiger partial charge in [-0.3, -0.25) is 4.79 Å². The van der Waals surface area contributed by atoms with Crippen LogP contribution in [0.3, 0.4) is 0 Å². The molecule has 1 aliphatic carbocycles. The van der Waals surface area contributed by atoms with Crippen LogP contribution in [0, 0.1) is 6.92 Å². The quantitative estimate of drug-likeness (QED) is 0.877. The van der Waals surface area contributed by atoms with Crippen molar-refractivity contribution in [3.63, 3.8) is 0 Å². The molecule has 1 N–H and O–H groups in total. The fraction of sp³-hybridized carbons (Fsp3) is 0.619. The Kier molecular flexibility index (Phi) is 6.53. The molecular weight excluding hydrogens is 326 g/mol. The molecule has 3 amide bonds. The van der Waals surface area contributed by atoms with E-state index in [4.69, 9.17) is 0 Å². The molecule has 26 heavy (non-hydrogen) atoms. The number of carbonyl (C=O) groups is 2.